The molecule has 0 bridgehead atoms. The molecule has 3 heteroatoms. The fraction of sp³-hybridized carbons (Fsp3) is 0.167. The molecule has 15 heavy (non-hydrogen) atoms. The van der Waals surface area contributed by atoms with Gasteiger partial charge in [-0.1, -0.05) is 24.3 Å². The highest BCUT2D eigenvalue weighted by molar-refractivity contribution is 5.36. The molecule has 0 radical (unpaired) electrons. The number of hydrogen-bond donors (Lipinski definition) is 0. The van der Waals surface area contributed by atoms with Crippen LogP contribution in [0.2, 0.25) is 0 Å². The molecule has 3 rings (SSSR count). The molecule has 1 aliphatic carbocycles. The zero-order valence-corrected chi connectivity index (χ0v) is 8.08. The molecule has 0 amide bonds. The van der Waals surface area contributed by atoms with E-state index in [4.69, 9.17) is 4.74 Å². The van der Waals surface area contributed by atoms with Crippen LogP contribution in [-0.4, -0.2) is 12.2 Å². The summed E-state index contributed by atoms with van der Waals surface area (Å²) in [6.07, 6.45) is 6.49. The van der Waals surface area contributed by atoms with E-state index in [1.807, 2.05) is 48.6 Å². The Kier molecular flexibility index (Phi) is 1.96. The normalized spacial score (nSPS) is 27.6. The molecule has 1 saturated heterocycles. The van der Waals surface area contributed by atoms with Crippen LogP contribution >= 0.6 is 0 Å². The molecule has 0 spiro atoms. The first-order chi connectivity index (χ1) is 7.42. The van der Waals surface area contributed by atoms with Gasteiger partial charge in [0.05, 0.1) is 11.4 Å². The van der Waals surface area contributed by atoms with Gasteiger partial charge in [0.15, 0.2) is 0 Å². The molecule has 3 nitrogen and oxygen atoms in total. The summed E-state index contributed by atoms with van der Waals surface area (Å²) >= 11 is 0. The molecule has 2 atom stereocenters. The molecular weight excluding hydrogens is 188 g/mol. The Morgan fingerprint density at radius 2 is 1.87 bits per heavy atom. The number of benzene rings is 1. The molecule has 0 saturated carbocycles. The third-order valence-electron chi connectivity index (χ3n) is 2.39. The zero-order valence-electron chi connectivity index (χ0n) is 8.08. The monoisotopic (exact) mass is 198 g/mol. The first kappa shape index (κ1) is 8.56. The SMILES string of the molecule is C1=CC2OC2C=C1N=Nc1ccccc1. The van der Waals surface area contributed by atoms with E-state index in [9.17, 15) is 0 Å². The van der Waals surface area contributed by atoms with Gasteiger partial charge < -0.3 is 4.74 Å². The van der Waals surface area contributed by atoms with Crippen LogP contribution in [0.3, 0.4) is 0 Å². The number of fused-ring (bicyclic) bond motifs is 1. The summed E-state index contributed by atoms with van der Waals surface area (Å²) in [6, 6.07) is 9.69. The Hall–Kier alpha value is -1.74. The van der Waals surface area contributed by atoms with E-state index in [-0.39, 0.29) is 6.10 Å². The Morgan fingerprint density at radius 3 is 2.67 bits per heavy atom. The van der Waals surface area contributed by atoms with Crippen molar-refractivity contribution in [3.8, 4) is 0 Å². The molecule has 1 aromatic rings. The summed E-state index contributed by atoms with van der Waals surface area (Å²) < 4.78 is 5.30. The zero-order chi connectivity index (χ0) is 10.1. The van der Waals surface area contributed by atoms with Crippen LogP contribution in [0.15, 0.2) is 64.5 Å². The lowest BCUT2D eigenvalue weighted by molar-refractivity contribution is 0.414. The minimum Gasteiger partial charge on any atom is -0.361 e. The van der Waals surface area contributed by atoms with Crippen LogP contribution in [0.4, 0.5) is 5.69 Å². The van der Waals surface area contributed by atoms with Gasteiger partial charge in [-0.05, 0) is 24.3 Å². The molecule has 0 aromatic heterocycles. The van der Waals surface area contributed by atoms with E-state index in [1.165, 1.54) is 0 Å². The van der Waals surface area contributed by atoms with Gasteiger partial charge in [0.1, 0.15) is 12.2 Å². The van der Waals surface area contributed by atoms with E-state index < -0.39 is 0 Å². The number of rotatable bonds is 2. The van der Waals surface area contributed by atoms with Gasteiger partial charge >= 0.3 is 0 Å². The fourth-order valence-electron chi connectivity index (χ4n) is 1.52. The van der Waals surface area contributed by atoms with Crippen LogP contribution in [0.25, 0.3) is 0 Å². The number of hydrogen-bond acceptors (Lipinski definition) is 3. The van der Waals surface area contributed by atoms with Crippen LogP contribution < -0.4 is 0 Å². The highest BCUT2D eigenvalue weighted by atomic mass is 16.6. The van der Waals surface area contributed by atoms with Crippen molar-refractivity contribution in [2.75, 3.05) is 0 Å². The van der Waals surface area contributed by atoms with Gasteiger partial charge in [0.25, 0.3) is 0 Å². The number of epoxide rings is 1. The van der Waals surface area contributed by atoms with Crippen molar-refractivity contribution >= 4 is 5.69 Å². The van der Waals surface area contributed by atoms with E-state index >= 15 is 0 Å². The lowest BCUT2D eigenvalue weighted by atomic mass is 10.2. The molecule has 1 heterocycles. The van der Waals surface area contributed by atoms with Crippen molar-refractivity contribution in [3.63, 3.8) is 0 Å². The first-order valence-corrected chi connectivity index (χ1v) is 4.94. The van der Waals surface area contributed by atoms with E-state index in [0.717, 1.165) is 11.4 Å². The second-order valence-electron chi connectivity index (χ2n) is 3.55. The Balaban J connectivity index is 1.75. The molecule has 1 aliphatic heterocycles. The predicted octanol–water partition coefficient (Wildman–Crippen LogP) is 2.99. The predicted molar refractivity (Wildman–Crippen MR) is 56.8 cm³/mol. The summed E-state index contributed by atoms with van der Waals surface area (Å²) in [7, 11) is 0. The summed E-state index contributed by atoms with van der Waals surface area (Å²) in [5.74, 6) is 0. The standard InChI is InChI=1S/C12H10N2O/c1-2-4-9(5-3-1)13-14-10-6-7-11-12(8-10)15-11/h1-8,11-12H. The number of allylic oxidation sites excluding steroid dienone is 1. The van der Waals surface area contributed by atoms with Crippen LogP contribution in [-0.2, 0) is 4.74 Å². The maximum atomic E-state index is 5.30. The quantitative estimate of drug-likeness (QED) is 0.531. The number of ether oxygens (including phenoxy) is 1. The summed E-state index contributed by atoms with van der Waals surface area (Å²) in [6.45, 7) is 0. The summed E-state index contributed by atoms with van der Waals surface area (Å²) in [5, 5.41) is 8.28. The van der Waals surface area contributed by atoms with Crippen molar-refractivity contribution in [1.82, 2.24) is 0 Å². The Labute approximate surface area is 87.8 Å². The van der Waals surface area contributed by atoms with Crippen LogP contribution in [0.5, 0.6) is 0 Å². The van der Waals surface area contributed by atoms with E-state index in [2.05, 4.69) is 10.2 Å². The maximum Gasteiger partial charge on any atom is 0.109 e. The second-order valence-corrected chi connectivity index (χ2v) is 3.55. The molecular formula is C12H10N2O. The average molecular weight is 198 g/mol. The van der Waals surface area contributed by atoms with Gasteiger partial charge in [0, 0.05) is 0 Å². The first-order valence-electron chi connectivity index (χ1n) is 4.94. The molecule has 2 aliphatic rings. The van der Waals surface area contributed by atoms with Gasteiger partial charge in [-0.25, -0.2) is 0 Å². The minimum absolute atomic E-state index is 0.236. The van der Waals surface area contributed by atoms with Crippen molar-refractivity contribution in [2.45, 2.75) is 12.2 Å². The van der Waals surface area contributed by atoms with Crippen molar-refractivity contribution in [3.05, 3.63) is 54.3 Å². The summed E-state index contributed by atoms with van der Waals surface area (Å²) in [4.78, 5) is 0. The summed E-state index contributed by atoms with van der Waals surface area (Å²) in [5.41, 5.74) is 1.74. The van der Waals surface area contributed by atoms with Gasteiger partial charge in [-0.2, -0.15) is 10.2 Å². The number of nitrogens with zero attached hydrogens (tertiary/aromatic N) is 2. The maximum absolute atomic E-state index is 5.30. The third-order valence-corrected chi connectivity index (χ3v) is 2.39. The largest absolute Gasteiger partial charge is 0.361 e. The van der Waals surface area contributed by atoms with Crippen molar-refractivity contribution in [2.24, 2.45) is 10.2 Å². The topological polar surface area (TPSA) is 37.2 Å². The number of azo groups is 1. The molecule has 1 aromatic carbocycles. The minimum atomic E-state index is 0.236. The third kappa shape index (κ3) is 1.87. The fourth-order valence-corrected chi connectivity index (χ4v) is 1.52. The molecule has 74 valence electrons. The van der Waals surface area contributed by atoms with Crippen LogP contribution in [0.1, 0.15) is 0 Å². The van der Waals surface area contributed by atoms with Crippen molar-refractivity contribution in [1.29, 1.82) is 0 Å². The van der Waals surface area contributed by atoms with E-state index in [0.29, 0.717) is 6.10 Å². The lowest BCUT2D eigenvalue weighted by Crippen LogP contribution is -1.91. The molecule has 1 fully saturated rings. The highest BCUT2D eigenvalue weighted by Gasteiger charge is 2.36. The molecule has 2 unspecified atom stereocenters. The van der Waals surface area contributed by atoms with Gasteiger partial charge in [0.2, 0.25) is 0 Å². The van der Waals surface area contributed by atoms with Gasteiger partial charge in [-0.3, -0.25) is 0 Å². The van der Waals surface area contributed by atoms with Gasteiger partial charge in [-0.15, -0.1) is 0 Å². The second kappa shape index (κ2) is 3.44. The Morgan fingerprint density at radius 1 is 1.00 bits per heavy atom. The average Bonchev–Trinajstić information content (AvgIpc) is 3.06. The Bertz CT molecular complexity index is 448. The highest BCUT2D eigenvalue weighted by Crippen LogP contribution is 2.30. The molecule has 0 N–H and O–H groups in total. The lowest BCUT2D eigenvalue weighted by Gasteiger charge is -1.95. The smallest absolute Gasteiger partial charge is 0.109 e. The van der Waals surface area contributed by atoms with Crippen LogP contribution in [0, 0.1) is 0 Å². The van der Waals surface area contributed by atoms with E-state index in [1.54, 1.807) is 0 Å². The van der Waals surface area contributed by atoms with Crippen molar-refractivity contribution < 1.29 is 4.74 Å².